The number of nitrogens with zero attached hydrogens (tertiary/aromatic N) is 1. The standard InChI is InChI=1S/C19H13FN2O4S2/c20-12-7-5-11(6-8-12)9-15-17(24)22(19(27)28-15)10-16(23)21-14-4-2-1-3-13(14)18(25)26/h1-9H,10H2,(H,21,23)(H,25,26)/b15-9-. The smallest absolute Gasteiger partial charge is 0.337 e. The number of carboxylic acid groups (broad SMARTS) is 1. The Kier molecular flexibility index (Phi) is 5.86. The molecule has 2 aromatic carbocycles. The number of thioether (sulfide) groups is 1. The van der Waals surface area contributed by atoms with Crippen LogP contribution in [0.4, 0.5) is 10.1 Å². The van der Waals surface area contributed by atoms with E-state index in [0.29, 0.717) is 10.5 Å². The van der Waals surface area contributed by atoms with Gasteiger partial charge in [-0.3, -0.25) is 14.5 Å². The molecule has 0 radical (unpaired) electrons. The van der Waals surface area contributed by atoms with Crippen molar-refractivity contribution in [2.24, 2.45) is 0 Å². The van der Waals surface area contributed by atoms with Gasteiger partial charge < -0.3 is 10.4 Å². The van der Waals surface area contributed by atoms with E-state index in [9.17, 15) is 18.8 Å². The SMILES string of the molecule is O=C(CN1C(=O)/C(=C/c2ccc(F)cc2)SC1=S)Nc1ccccc1C(=O)O. The lowest BCUT2D eigenvalue weighted by atomic mass is 10.2. The number of hydrogen-bond donors (Lipinski definition) is 2. The Labute approximate surface area is 169 Å². The Balaban J connectivity index is 1.71. The third-order valence-electron chi connectivity index (χ3n) is 3.77. The van der Waals surface area contributed by atoms with Crippen LogP contribution in [0.5, 0.6) is 0 Å². The van der Waals surface area contributed by atoms with Crippen molar-refractivity contribution < 1.29 is 23.9 Å². The molecule has 1 aliphatic heterocycles. The molecule has 0 unspecified atom stereocenters. The van der Waals surface area contributed by atoms with Gasteiger partial charge in [-0.25, -0.2) is 9.18 Å². The maximum absolute atomic E-state index is 13.0. The molecule has 0 spiro atoms. The van der Waals surface area contributed by atoms with E-state index < -0.39 is 17.8 Å². The van der Waals surface area contributed by atoms with Crippen LogP contribution < -0.4 is 5.32 Å². The molecule has 142 valence electrons. The molecule has 1 aliphatic rings. The van der Waals surface area contributed by atoms with E-state index in [1.807, 2.05) is 0 Å². The number of rotatable bonds is 5. The molecular formula is C19H13FN2O4S2. The summed E-state index contributed by atoms with van der Waals surface area (Å²) in [5.74, 6) is -2.58. The zero-order valence-corrected chi connectivity index (χ0v) is 15.8. The third kappa shape index (κ3) is 4.44. The number of benzene rings is 2. The molecule has 9 heteroatoms. The van der Waals surface area contributed by atoms with Crippen molar-refractivity contribution in [1.29, 1.82) is 0 Å². The average molecular weight is 416 g/mol. The number of para-hydroxylation sites is 1. The van der Waals surface area contributed by atoms with Crippen LogP contribution in [0.25, 0.3) is 6.08 Å². The van der Waals surface area contributed by atoms with E-state index in [-0.39, 0.29) is 27.9 Å². The molecule has 2 amide bonds. The predicted molar refractivity (Wildman–Crippen MR) is 108 cm³/mol. The Hall–Kier alpha value is -3.04. The second-order valence-corrected chi connectivity index (χ2v) is 7.39. The first-order valence-corrected chi connectivity index (χ1v) is 9.21. The summed E-state index contributed by atoms with van der Waals surface area (Å²) in [5, 5.41) is 11.7. The van der Waals surface area contributed by atoms with Crippen LogP contribution in [0.1, 0.15) is 15.9 Å². The number of nitrogens with one attached hydrogen (secondary N) is 1. The van der Waals surface area contributed by atoms with Crippen molar-refractivity contribution in [3.8, 4) is 0 Å². The van der Waals surface area contributed by atoms with E-state index in [1.54, 1.807) is 18.2 Å². The highest BCUT2D eigenvalue weighted by Gasteiger charge is 2.33. The summed E-state index contributed by atoms with van der Waals surface area (Å²) in [5.41, 5.74) is 0.700. The van der Waals surface area contributed by atoms with Gasteiger partial charge in [-0.15, -0.1) is 0 Å². The van der Waals surface area contributed by atoms with Gasteiger partial charge in [-0.05, 0) is 35.9 Å². The van der Waals surface area contributed by atoms with Crippen LogP contribution in [0.3, 0.4) is 0 Å². The molecule has 1 fully saturated rings. The summed E-state index contributed by atoms with van der Waals surface area (Å²) in [6, 6.07) is 11.6. The van der Waals surface area contributed by atoms with Crippen LogP contribution in [0.15, 0.2) is 53.4 Å². The van der Waals surface area contributed by atoms with Crippen LogP contribution in [0, 0.1) is 5.82 Å². The summed E-state index contributed by atoms with van der Waals surface area (Å²) >= 11 is 6.21. The second kappa shape index (κ2) is 8.32. The summed E-state index contributed by atoms with van der Waals surface area (Å²) in [7, 11) is 0. The van der Waals surface area contributed by atoms with Crippen LogP contribution in [-0.4, -0.2) is 38.7 Å². The first kappa shape index (κ1) is 19.7. The molecule has 28 heavy (non-hydrogen) atoms. The van der Waals surface area contributed by atoms with Gasteiger partial charge in [-0.2, -0.15) is 0 Å². The molecule has 0 aliphatic carbocycles. The van der Waals surface area contributed by atoms with E-state index in [4.69, 9.17) is 17.3 Å². The number of carbonyl (C=O) groups excluding carboxylic acids is 2. The first-order chi connectivity index (χ1) is 13.3. The summed E-state index contributed by atoms with van der Waals surface area (Å²) in [6.07, 6.45) is 1.57. The molecule has 0 saturated carbocycles. The highest BCUT2D eigenvalue weighted by Crippen LogP contribution is 2.32. The molecule has 2 N–H and O–H groups in total. The van der Waals surface area contributed by atoms with Gasteiger partial charge in [0.1, 0.15) is 16.7 Å². The number of carboxylic acids is 1. The topological polar surface area (TPSA) is 86.7 Å². The van der Waals surface area contributed by atoms with E-state index >= 15 is 0 Å². The minimum atomic E-state index is -1.18. The number of carbonyl (C=O) groups is 3. The summed E-state index contributed by atoms with van der Waals surface area (Å²) in [4.78, 5) is 37.5. The molecule has 1 heterocycles. The third-order valence-corrected chi connectivity index (χ3v) is 5.15. The van der Waals surface area contributed by atoms with Crippen molar-refractivity contribution in [3.63, 3.8) is 0 Å². The molecular weight excluding hydrogens is 403 g/mol. The van der Waals surface area contributed by atoms with E-state index in [2.05, 4.69) is 5.32 Å². The van der Waals surface area contributed by atoms with Crippen molar-refractivity contribution in [2.45, 2.75) is 0 Å². The Bertz CT molecular complexity index is 1010. The number of thiocarbonyl (C=S) groups is 1. The highest BCUT2D eigenvalue weighted by atomic mass is 32.2. The maximum Gasteiger partial charge on any atom is 0.337 e. The van der Waals surface area contributed by atoms with Crippen molar-refractivity contribution in [3.05, 3.63) is 70.4 Å². The van der Waals surface area contributed by atoms with Gasteiger partial charge in [0, 0.05) is 0 Å². The minimum Gasteiger partial charge on any atom is -0.478 e. The lowest BCUT2D eigenvalue weighted by Gasteiger charge is -2.15. The van der Waals surface area contributed by atoms with E-state index in [0.717, 1.165) is 16.7 Å². The number of halogens is 1. The van der Waals surface area contributed by atoms with Gasteiger partial charge >= 0.3 is 5.97 Å². The normalized spacial score (nSPS) is 15.2. The lowest BCUT2D eigenvalue weighted by molar-refractivity contribution is -0.126. The molecule has 0 atom stereocenters. The molecule has 0 bridgehead atoms. The van der Waals surface area contributed by atoms with Crippen LogP contribution in [0.2, 0.25) is 0 Å². The van der Waals surface area contributed by atoms with Gasteiger partial charge in [-0.1, -0.05) is 48.2 Å². The highest BCUT2D eigenvalue weighted by molar-refractivity contribution is 8.26. The largest absolute Gasteiger partial charge is 0.478 e. The van der Waals surface area contributed by atoms with Gasteiger partial charge in [0.15, 0.2) is 0 Å². The fraction of sp³-hybridized carbons (Fsp3) is 0.0526. The number of aromatic carboxylic acids is 1. The van der Waals surface area contributed by atoms with Gasteiger partial charge in [0.05, 0.1) is 16.2 Å². The molecule has 0 aromatic heterocycles. The second-order valence-electron chi connectivity index (χ2n) is 5.72. The van der Waals surface area contributed by atoms with Gasteiger partial charge in [0.25, 0.3) is 5.91 Å². The van der Waals surface area contributed by atoms with Crippen LogP contribution in [-0.2, 0) is 9.59 Å². The molecule has 1 saturated heterocycles. The fourth-order valence-electron chi connectivity index (χ4n) is 2.46. The molecule has 2 aromatic rings. The average Bonchev–Trinajstić information content (AvgIpc) is 2.91. The zero-order valence-electron chi connectivity index (χ0n) is 14.2. The van der Waals surface area contributed by atoms with Crippen molar-refractivity contribution >= 4 is 57.8 Å². The zero-order chi connectivity index (χ0) is 20.3. The summed E-state index contributed by atoms with van der Waals surface area (Å²) < 4.78 is 13.2. The molecule has 6 nitrogen and oxygen atoms in total. The van der Waals surface area contributed by atoms with Crippen molar-refractivity contribution in [1.82, 2.24) is 4.90 Å². The first-order valence-electron chi connectivity index (χ1n) is 7.98. The minimum absolute atomic E-state index is 0.0579. The van der Waals surface area contributed by atoms with Gasteiger partial charge in [0.2, 0.25) is 5.91 Å². The maximum atomic E-state index is 13.0. The molecule has 3 rings (SSSR count). The summed E-state index contributed by atoms with van der Waals surface area (Å²) in [6.45, 7) is -0.348. The fourth-order valence-corrected chi connectivity index (χ4v) is 3.71. The monoisotopic (exact) mass is 416 g/mol. The Morgan fingerprint density at radius 1 is 1.18 bits per heavy atom. The van der Waals surface area contributed by atoms with E-state index in [1.165, 1.54) is 36.4 Å². The lowest BCUT2D eigenvalue weighted by Crippen LogP contribution is -2.36. The van der Waals surface area contributed by atoms with Crippen LogP contribution >= 0.6 is 24.0 Å². The number of hydrogen-bond acceptors (Lipinski definition) is 5. The Morgan fingerprint density at radius 3 is 2.54 bits per heavy atom. The predicted octanol–water partition coefficient (Wildman–Crippen LogP) is 3.36. The Morgan fingerprint density at radius 2 is 1.86 bits per heavy atom. The number of anilines is 1. The quantitative estimate of drug-likeness (QED) is 0.574. The number of amides is 2. The van der Waals surface area contributed by atoms with Crippen molar-refractivity contribution in [2.75, 3.05) is 11.9 Å².